The molecule has 0 saturated carbocycles. The van der Waals surface area contributed by atoms with Gasteiger partial charge in [0, 0.05) is 12.8 Å². The predicted octanol–water partition coefficient (Wildman–Crippen LogP) is 5.66. The first-order valence-electron chi connectivity index (χ1n) is 9.31. The van der Waals surface area contributed by atoms with E-state index in [4.69, 9.17) is 9.47 Å². The molecule has 4 rings (SSSR count). The van der Waals surface area contributed by atoms with Crippen molar-refractivity contribution in [3.05, 3.63) is 71.8 Å². The van der Waals surface area contributed by atoms with Crippen molar-refractivity contribution in [1.29, 1.82) is 0 Å². The molecule has 0 spiro atoms. The average Bonchev–Trinajstić information content (AvgIpc) is 3.37. The molecule has 2 aliphatic rings. The fourth-order valence-electron chi connectivity index (χ4n) is 3.21. The van der Waals surface area contributed by atoms with Crippen molar-refractivity contribution in [2.45, 2.75) is 47.5 Å². The zero-order chi connectivity index (χ0) is 19.9. The third-order valence-corrected chi connectivity index (χ3v) is 6.96. The van der Waals surface area contributed by atoms with Crippen molar-refractivity contribution in [2.75, 3.05) is 0 Å². The van der Waals surface area contributed by atoms with Gasteiger partial charge in [0.05, 0.1) is 9.65 Å². The number of rotatable bonds is 4. The molecule has 0 aromatic heterocycles. The van der Waals surface area contributed by atoms with Crippen molar-refractivity contribution in [1.82, 2.24) is 0 Å². The number of esters is 2. The molecular weight excluding hydrogens is 488 g/mol. The van der Waals surface area contributed by atoms with Crippen LogP contribution in [-0.4, -0.2) is 24.1 Å². The topological polar surface area (TPSA) is 52.6 Å². The van der Waals surface area contributed by atoms with E-state index in [9.17, 15) is 9.59 Å². The summed E-state index contributed by atoms with van der Waals surface area (Å²) in [7, 11) is 0. The first kappa shape index (κ1) is 21.1. The first-order valence-corrected chi connectivity index (χ1v) is 11.1. The quantitative estimate of drug-likeness (QED) is 0.394. The van der Waals surface area contributed by atoms with E-state index < -0.39 is 0 Å². The van der Waals surface area contributed by atoms with Crippen LogP contribution in [0.25, 0.3) is 0 Å². The maximum Gasteiger partial charge on any atom is 0.306 e. The van der Waals surface area contributed by atoms with Crippen LogP contribution >= 0.6 is 31.9 Å². The van der Waals surface area contributed by atoms with Gasteiger partial charge in [0.25, 0.3) is 0 Å². The van der Waals surface area contributed by atoms with Gasteiger partial charge in [-0.15, -0.1) is 0 Å². The van der Waals surface area contributed by atoms with E-state index in [-0.39, 0.29) is 33.8 Å². The highest BCUT2D eigenvalue weighted by Gasteiger charge is 2.31. The number of alkyl halides is 2. The van der Waals surface area contributed by atoms with E-state index in [2.05, 4.69) is 31.9 Å². The number of benzene rings is 2. The van der Waals surface area contributed by atoms with Gasteiger partial charge in [-0.2, -0.15) is 0 Å². The Morgan fingerprint density at radius 1 is 0.679 bits per heavy atom. The second-order valence-corrected chi connectivity index (χ2v) is 8.73. The molecule has 6 heteroatoms. The third-order valence-electron chi connectivity index (χ3n) is 4.72. The molecular formula is C22H22Br2O4. The molecule has 2 aromatic rings. The SMILES string of the molecule is O=C1CC[C@H]([C@H](Br)c2ccccc2)O1.O=C1CC[C@H]([C@H](Br)c2ccccc2)O1. The minimum Gasteiger partial charge on any atom is -0.461 e. The normalized spacial score (nSPS) is 23.2. The molecule has 28 heavy (non-hydrogen) atoms. The Labute approximate surface area is 181 Å². The molecule has 0 aliphatic carbocycles. The van der Waals surface area contributed by atoms with Gasteiger partial charge >= 0.3 is 11.9 Å². The summed E-state index contributed by atoms with van der Waals surface area (Å²) in [6.45, 7) is 0. The summed E-state index contributed by atoms with van der Waals surface area (Å²) in [5, 5.41) is 0. The lowest BCUT2D eigenvalue weighted by Crippen LogP contribution is -2.13. The molecule has 0 N–H and O–H groups in total. The summed E-state index contributed by atoms with van der Waals surface area (Å²) in [5.41, 5.74) is 2.32. The Hall–Kier alpha value is -1.66. The van der Waals surface area contributed by atoms with Gasteiger partial charge in [-0.25, -0.2) is 0 Å². The van der Waals surface area contributed by atoms with Crippen LogP contribution < -0.4 is 0 Å². The first-order chi connectivity index (χ1) is 13.5. The van der Waals surface area contributed by atoms with Gasteiger partial charge in [0.15, 0.2) is 0 Å². The fourth-order valence-corrected chi connectivity index (χ4v) is 4.56. The second-order valence-electron chi connectivity index (χ2n) is 6.76. The summed E-state index contributed by atoms with van der Waals surface area (Å²) in [4.78, 5) is 22.1. The van der Waals surface area contributed by atoms with Crippen LogP contribution in [0.15, 0.2) is 60.7 Å². The number of hydrogen-bond donors (Lipinski definition) is 0. The van der Waals surface area contributed by atoms with Crippen molar-refractivity contribution in [2.24, 2.45) is 0 Å². The lowest BCUT2D eigenvalue weighted by molar-refractivity contribution is -0.142. The fraction of sp³-hybridized carbons (Fsp3) is 0.364. The molecule has 2 saturated heterocycles. The largest absolute Gasteiger partial charge is 0.461 e. The zero-order valence-electron chi connectivity index (χ0n) is 15.3. The number of cyclic esters (lactones) is 2. The molecule has 2 aliphatic heterocycles. The third kappa shape index (κ3) is 5.67. The molecule has 2 heterocycles. The van der Waals surface area contributed by atoms with E-state index in [1.54, 1.807) is 0 Å². The Kier molecular flexibility index (Phi) is 7.68. The summed E-state index contributed by atoms with van der Waals surface area (Å²) < 4.78 is 10.4. The van der Waals surface area contributed by atoms with Crippen molar-refractivity contribution < 1.29 is 19.1 Å². The van der Waals surface area contributed by atoms with Gasteiger partial charge in [-0.3, -0.25) is 9.59 Å². The van der Waals surface area contributed by atoms with Gasteiger partial charge in [-0.1, -0.05) is 92.5 Å². The monoisotopic (exact) mass is 508 g/mol. The summed E-state index contributed by atoms with van der Waals surface area (Å²) in [6, 6.07) is 20.0. The van der Waals surface area contributed by atoms with Crippen molar-refractivity contribution >= 4 is 43.8 Å². The Bertz CT molecular complexity index is 714. The van der Waals surface area contributed by atoms with Gasteiger partial charge in [0.1, 0.15) is 12.2 Å². The highest BCUT2D eigenvalue weighted by molar-refractivity contribution is 9.09. The van der Waals surface area contributed by atoms with Crippen LogP contribution in [0.5, 0.6) is 0 Å². The molecule has 0 radical (unpaired) electrons. The highest BCUT2D eigenvalue weighted by atomic mass is 79.9. The molecule has 148 valence electrons. The molecule has 4 atom stereocenters. The molecule has 0 amide bonds. The maximum atomic E-state index is 10.9. The maximum absolute atomic E-state index is 10.9. The summed E-state index contributed by atoms with van der Waals surface area (Å²) in [5.74, 6) is -0.175. The lowest BCUT2D eigenvalue weighted by Gasteiger charge is -2.16. The Morgan fingerprint density at radius 3 is 1.32 bits per heavy atom. The van der Waals surface area contributed by atoms with Crippen molar-refractivity contribution in [3.8, 4) is 0 Å². The predicted molar refractivity (Wildman–Crippen MR) is 114 cm³/mol. The number of carbonyl (C=O) groups excluding carboxylic acids is 2. The van der Waals surface area contributed by atoms with E-state index in [1.165, 1.54) is 0 Å². The zero-order valence-corrected chi connectivity index (χ0v) is 18.5. The Morgan fingerprint density at radius 2 is 1.04 bits per heavy atom. The van der Waals surface area contributed by atoms with Crippen LogP contribution in [-0.2, 0) is 19.1 Å². The molecule has 0 bridgehead atoms. The van der Waals surface area contributed by atoms with E-state index in [0.29, 0.717) is 12.8 Å². The highest BCUT2D eigenvalue weighted by Crippen LogP contribution is 2.34. The van der Waals surface area contributed by atoms with E-state index in [1.807, 2.05) is 60.7 Å². The summed E-state index contributed by atoms with van der Waals surface area (Å²) in [6.07, 6.45) is 2.68. The lowest BCUT2D eigenvalue weighted by atomic mass is 10.1. The van der Waals surface area contributed by atoms with Crippen LogP contribution in [0.1, 0.15) is 46.5 Å². The Balaban J connectivity index is 0.000000161. The number of carbonyl (C=O) groups is 2. The standard InChI is InChI=1S/2C11H11BrO2/c2*12-11(8-4-2-1-3-5-8)9-6-7-10(13)14-9/h2*1-5,9,11H,6-7H2/t2*9-,11-/m11/s1. The van der Waals surface area contributed by atoms with Gasteiger partial charge < -0.3 is 9.47 Å². The van der Waals surface area contributed by atoms with Gasteiger partial charge in [-0.05, 0) is 24.0 Å². The average molecular weight is 510 g/mol. The minimum absolute atomic E-state index is 0.00935. The van der Waals surface area contributed by atoms with Gasteiger partial charge in [0.2, 0.25) is 0 Å². The minimum atomic E-state index is -0.0876. The molecule has 2 fully saturated rings. The van der Waals surface area contributed by atoms with E-state index in [0.717, 1.165) is 24.0 Å². The second kappa shape index (κ2) is 10.2. The number of halogens is 2. The van der Waals surface area contributed by atoms with E-state index >= 15 is 0 Å². The number of hydrogen-bond acceptors (Lipinski definition) is 4. The smallest absolute Gasteiger partial charge is 0.306 e. The molecule has 2 aromatic carbocycles. The van der Waals surface area contributed by atoms with Crippen LogP contribution in [0, 0.1) is 0 Å². The van der Waals surface area contributed by atoms with Crippen LogP contribution in [0.3, 0.4) is 0 Å². The molecule has 4 nitrogen and oxygen atoms in total. The molecule has 0 unspecified atom stereocenters. The van der Waals surface area contributed by atoms with Crippen molar-refractivity contribution in [3.63, 3.8) is 0 Å². The number of ether oxygens (including phenoxy) is 2. The van der Waals surface area contributed by atoms with Crippen LogP contribution in [0.2, 0.25) is 0 Å². The van der Waals surface area contributed by atoms with Crippen LogP contribution in [0.4, 0.5) is 0 Å². The summed E-state index contributed by atoms with van der Waals surface area (Å²) >= 11 is 7.13.